The molecule has 0 saturated carbocycles. The molecule has 0 spiro atoms. The van der Waals surface area contributed by atoms with Crippen molar-refractivity contribution in [3.8, 4) is 0 Å². The van der Waals surface area contributed by atoms with Crippen LogP contribution < -0.4 is 5.32 Å². The molecule has 0 aromatic carbocycles. The average Bonchev–Trinajstić information content (AvgIpc) is 2.60. The van der Waals surface area contributed by atoms with Crippen molar-refractivity contribution in [2.75, 3.05) is 26.2 Å². The second kappa shape index (κ2) is 4.66. The fourth-order valence-electron chi connectivity index (χ4n) is 3.44. The zero-order valence-electron chi connectivity index (χ0n) is 11.3. The Morgan fingerprint density at radius 2 is 2.00 bits per heavy atom. The highest BCUT2D eigenvalue weighted by molar-refractivity contribution is 4.94. The van der Waals surface area contributed by atoms with Crippen LogP contribution in [0.5, 0.6) is 0 Å². The van der Waals surface area contributed by atoms with Crippen LogP contribution in [0.2, 0.25) is 0 Å². The first-order valence-electron chi connectivity index (χ1n) is 7.04. The van der Waals surface area contributed by atoms with Gasteiger partial charge in [-0.15, -0.1) is 0 Å². The van der Waals surface area contributed by atoms with Gasteiger partial charge in [-0.05, 0) is 64.5 Å². The van der Waals surface area contributed by atoms with Crippen LogP contribution >= 0.6 is 0 Å². The van der Waals surface area contributed by atoms with E-state index in [1.165, 1.54) is 58.3 Å². The van der Waals surface area contributed by atoms with Crippen LogP contribution in [0.15, 0.2) is 0 Å². The normalized spacial score (nSPS) is 35.4. The number of hydrogen-bond donors (Lipinski definition) is 1. The average molecular weight is 224 g/mol. The Morgan fingerprint density at radius 1 is 1.19 bits per heavy atom. The molecule has 0 aromatic heterocycles. The van der Waals surface area contributed by atoms with Crippen LogP contribution in [0.4, 0.5) is 0 Å². The van der Waals surface area contributed by atoms with Crippen LogP contribution in [-0.2, 0) is 0 Å². The molecule has 2 nitrogen and oxygen atoms in total. The van der Waals surface area contributed by atoms with Gasteiger partial charge in [0.25, 0.3) is 0 Å². The summed E-state index contributed by atoms with van der Waals surface area (Å²) in [6.45, 7) is 12.3. The molecule has 2 aliphatic rings. The quantitative estimate of drug-likeness (QED) is 0.793. The SMILES string of the molecule is CCC1(CN2CCCC2(C)C)CCCNC1. The van der Waals surface area contributed by atoms with E-state index in [4.69, 9.17) is 0 Å². The zero-order chi connectivity index (χ0) is 11.6. The van der Waals surface area contributed by atoms with Gasteiger partial charge in [0.05, 0.1) is 0 Å². The Morgan fingerprint density at radius 3 is 2.50 bits per heavy atom. The molecule has 0 aromatic rings. The summed E-state index contributed by atoms with van der Waals surface area (Å²) < 4.78 is 0. The molecular formula is C14H28N2. The minimum Gasteiger partial charge on any atom is -0.316 e. The third-order valence-corrected chi connectivity index (χ3v) is 4.91. The van der Waals surface area contributed by atoms with Crippen LogP contribution in [0.1, 0.15) is 52.9 Å². The Hall–Kier alpha value is -0.0800. The van der Waals surface area contributed by atoms with Gasteiger partial charge in [-0.3, -0.25) is 4.90 Å². The van der Waals surface area contributed by atoms with Crippen molar-refractivity contribution < 1.29 is 0 Å². The molecule has 2 heterocycles. The lowest BCUT2D eigenvalue weighted by molar-refractivity contribution is 0.0719. The van der Waals surface area contributed by atoms with Gasteiger partial charge < -0.3 is 5.32 Å². The molecule has 0 bridgehead atoms. The second-order valence-electron chi connectivity index (χ2n) is 6.47. The first-order valence-corrected chi connectivity index (χ1v) is 7.04. The summed E-state index contributed by atoms with van der Waals surface area (Å²) in [5.74, 6) is 0. The molecule has 94 valence electrons. The number of piperidine rings is 1. The summed E-state index contributed by atoms with van der Waals surface area (Å²) in [4.78, 5) is 2.74. The maximum atomic E-state index is 3.60. The smallest absolute Gasteiger partial charge is 0.0153 e. The van der Waals surface area contributed by atoms with Crippen molar-refractivity contribution in [2.24, 2.45) is 5.41 Å². The number of nitrogens with one attached hydrogen (secondary N) is 1. The fraction of sp³-hybridized carbons (Fsp3) is 1.00. The van der Waals surface area contributed by atoms with Gasteiger partial charge in [-0.25, -0.2) is 0 Å². The van der Waals surface area contributed by atoms with Crippen LogP contribution in [0, 0.1) is 5.41 Å². The molecule has 0 amide bonds. The highest BCUT2D eigenvalue weighted by Crippen LogP contribution is 2.36. The van der Waals surface area contributed by atoms with Crippen molar-refractivity contribution in [1.29, 1.82) is 0 Å². The van der Waals surface area contributed by atoms with Gasteiger partial charge in [0.2, 0.25) is 0 Å². The van der Waals surface area contributed by atoms with E-state index in [9.17, 15) is 0 Å². The van der Waals surface area contributed by atoms with Gasteiger partial charge >= 0.3 is 0 Å². The fourth-order valence-corrected chi connectivity index (χ4v) is 3.44. The summed E-state index contributed by atoms with van der Waals surface area (Å²) in [7, 11) is 0. The van der Waals surface area contributed by atoms with Crippen molar-refractivity contribution in [1.82, 2.24) is 10.2 Å². The molecule has 0 radical (unpaired) electrons. The van der Waals surface area contributed by atoms with E-state index >= 15 is 0 Å². The molecule has 0 aliphatic carbocycles. The molecule has 16 heavy (non-hydrogen) atoms. The topological polar surface area (TPSA) is 15.3 Å². The van der Waals surface area contributed by atoms with E-state index in [1.54, 1.807) is 0 Å². The Balaban J connectivity index is 2.00. The first kappa shape index (κ1) is 12.4. The molecule has 2 fully saturated rings. The van der Waals surface area contributed by atoms with E-state index in [2.05, 4.69) is 31.0 Å². The second-order valence-corrected chi connectivity index (χ2v) is 6.47. The van der Waals surface area contributed by atoms with Crippen molar-refractivity contribution in [3.05, 3.63) is 0 Å². The third kappa shape index (κ3) is 2.43. The van der Waals surface area contributed by atoms with Gasteiger partial charge in [0, 0.05) is 18.6 Å². The minimum atomic E-state index is 0.444. The zero-order valence-corrected chi connectivity index (χ0v) is 11.3. The van der Waals surface area contributed by atoms with Crippen molar-refractivity contribution >= 4 is 0 Å². The van der Waals surface area contributed by atoms with E-state index in [0.717, 1.165) is 0 Å². The molecule has 1 N–H and O–H groups in total. The van der Waals surface area contributed by atoms with Crippen molar-refractivity contribution in [3.63, 3.8) is 0 Å². The van der Waals surface area contributed by atoms with E-state index in [1.807, 2.05) is 0 Å². The molecule has 2 rings (SSSR count). The van der Waals surface area contributed by atoms with Crippen LogP contribution in [-0.4, -0.2) is 36.6 Å². The number of hydrogen-bond acceptors (Lipinski definition) is 2. The van der Waals surface area contributed by atoms with E-state index in [-0.39, 0.29) is 0 Å². The number of likely N-dealkylation sites (tertiary alicyclic amines) is 1. The highest BCUT2D eigenvalue weighted by Gasteiger charge is 2.39. The lowest BCUT2D eigenvalue weighted by atomic mass is 9.77. The number of rotatable bonds is 3. The summed E-state index contributed by atoms with van der Waals surface area (Å²) in [5.41, 5.74) is 0.999. The summed E-state index contributed by atoms with van der Waals surface area (Å²) >= 11 is 0. The van der Waals surface area contributed by atoms with Gasteiger partial charge in [-0.2, -0.15) is 0 Å². The minimum absolute atomic E-state index is 0.444. The molecule has 2 aliphatic heterocycles. The molecule has 2 saturated heterocycles. The van der Waals surface area contributed by atoms with Gasteiger partial charge in [0.1, 0.15) is 0 Å². The highest BCUT2D eigenvalue weighted by atomic mass is 15.2. The van der Waals surface area contributed by atoms with Crippen molar-refractivity contribution in [2.45, 2.75) is 58.4 Å². The molecular weight excluding hydrogens is 196 g/mol. The van der Waals surface area contributed by atoms with Gasteiger partial charge in [-0.1, -0.05) is 6.92 Å². The monoisotopic (exact) mass is 224 g/mol. The maximum absolute atomic E-state index is 3.60. The summed E-state index contributed by atoms with van der Waals surface area (Å²) in [6, 6.07) is 0. The Bertz CT molecular complexity index is 229. The van der Waals surface area contributed by atoms with Gasteiger partial charge in [0.15, 0.2) is 0 Å². The molecule has 2 heteroatoms. The lowest BCUT2D eigenvalue weighted by Gasteiger charge is -2.44. The van der Waals surface area contributed by atoms with Crippen LogP contribution in [0.25, 0.3) is 0 Å². The molecule has 1 atom stereocenters. The summed E-state index contributed by atoms with van der Waals surface area (Å²) in [6.07, 6.45) is 6.87. The Labute approximate surface area is 101 Å². The maximum Gasteiger partial charge on any atom is 0.0153 e. The predicted molar refractivity (Wildman–Crippen MR) is 69.7 cm³/mol. The molecule has 1 unspecified atom stereocenters. The predicted octanol–water partition coefficient (Wildman–Crippen LogP) is 2.64. The summed E-state index contributed by atoms with van der Waals surface area (Å²) in [5, 5.41) is 3.60. The first-order chi connectivity index (χ1) is 7.58. The lowest BCUT2D eigenvalue weighted by Crippen LogP contribution is -2.51. The van der Waals surface area contributed by atoms with Crippen LogP contribution in [0.3, 0.4) is 0 Å². The Kier molecular flexibility index (Phi) is 3.60. The number of nitrogens with zero attached hydrogens (tertiary/aromatic N) is 1. The third-order valence-electron chi connectivity index (χ3n) is 4.91. The standard InChI is InChI=1S/C14H28N2/c1-4-14(8-5-9-15-11-14)12-16-10-6-7-13(16,2)3/h15H,4-12H2,1-3H3. The largest absolute Gasteiger partial charge is 0.316 e. The van der Waals surface area contributed by atoms with E-state index < -0.39 is 0 Å². The van der Waals surface area contributed by atoms with E-state index in [0.29, 0.717) is 11.0 Å².